The third-order valence-corrected chi connectivity index (χ3v) is 3.41. The van der Waals surface area contributed by atoms with Crippen molar-refractivity contribution in [1.29, 1.82) is 0 Å². The lowest BCUT2D eigenvalue weighted by molar-refractivity contribution is 0.133. The minimum Gasteiger partial charge on any atom is -0.395 e. The zero-order chi connectivity index (χ0) is 11.1. The Morgan fingerprint density at radius 3 is 2.53 bits per heavy atom. The molecule has 1 saturated carbocycles. The van der Waals surface area contributed by atoms with E-state index in [0.29, 0.717) is 6.04 Å². The molecule has 0 aromatic carbocycles. The highest BCUT2D eigenvalue weighted by molar-refractivity contribution is 4.97. The summed E-state index contributed by atoms with van der Waals surface area (Å²) in [7, 11) is 0. The van der Waals surface area contributed by atoms with Crippen LogP contribution in [0.5, 0.6) is 0 Å². The molecular formula is C13H25NO. The number of hydrogen-bond acceptors (Lipinski definition) is 2. The fraction of sp³-hybridized carbons (Fsp3) is 0.846. The Balaban J connectivity index is 2.43. The summed E-state index contributed by atoms with van der Waals surface area (Å²) >= 11 is 0. The normalized spacial score (nSPS) is 18.3. The molecule has 1 aliphatic carbocycles. The van der Waals surface area contributed by atoms with Gasteiger partial charge in [-0.2, -0.15) is 0 Å². The molecule has 0 aromatic heterocycles. The molecule has 0 radical (unpaired) electrons. The second kappa shape index (κ2) is 7.02. The van der Waals surface area contributed by atoms with Crippen molar-refractivity contribution in [3.05, 3.63) is 12.2 Å². The molecule has 0 bridgehead atoms. The fourth-order valence-electron chi connectivity index (χ4n) is 2.36. The van der Waals surface area contributed by atoms with E-state index >= 15 is 0 Å². The average Bonchev–Trinajstić information content (AvgIpc) is 2.29. The van der Waals surface area contributed by atoms with Crippen LogP contribution < -0.4 is 0 Å². The van der Waals surface area contributed by atoms with Crippen LogP contribution in [0.3, 0.4) is 0 Å². The molecule has 2 nitrogen and oxygen atoms in total. The van der Waals surface area contributed by atoms with Crippen molar-refractivity contribution in [2.24, 2.45) is 0 Å². The van der Waals surface area contributed by atoms with Crippen LogP contribution in [-0.4, -0.2) is 35.7 Å². The molecule has 0 atom stereocenters. The first-order valence-electron chi connectivity index (χ1n) is 6.29. The molecule has 0 spiro atoms. The van der Waals surface area contributed by atoms with Gasteiger partial charge in [0.2, 0.25) is 0 Å². The van der Waals surface area contributed by atoms with E-state index in [2.05, 4.69) is 18.4 Å². The summed E-state index contributed by atoms with van der Waals surface area (Å²) in [5.41, 5.74) is 1.29. The zero-order valence-electron chi connectivity index (χ0n) is 10.0. The van der Waals surface area contributed by atoms with Gasteiger partial charge in [0.15, 0.2) is 0 Å². The van der Waals surface area contributed by atoms with Crippen LogP contribution in [0.1, 0.15) is 45.4 Å². The topological polar surface area (TPSA) is 23.5 Å². The smallest absolute Gasteiger partial charge is 0.0558 e. The molecule has 0 heterocycles. The van der Waals surface area contributed by atoms with E-state index < -0.39 is 0 Å². The third kappa shape index (κ3) is 4.35. The summed E-state index contributed by atoms with van der Waals surface area (Å²) < 4.78 is 0. The maximum atomic E-state index is 9.08. The Labute approximate surface area is 94.0 Å². The molecule has 0 aromatic rings. The molecule has 1 N–H and O–H groups in total. The number of aliphatic hydroxyl groups excluding tert-OH is 1. The maximum absolute atomic E-state index is 9.08. The molecule has 0 saturated heterocycles. The van der Waals surface area contributed by atoms with Crippen LogP contribution >= 0.6 is 0 Å². The van der Waals surface area contributed by atoms with Gasteiger partial charge in [-0.05, 0) is 19.3 Å². The molecule has 88 valence electrons. The average molecular weight is 211 g/mol. The third-order valence-electron chi connectivity index (χ3n) is 3.41. The molecule has 0 unspecified atom stereocenters. The van der Waals surface area contributed by atoms with Gasteiger partial charge < -0.3 is 5.11 Å². The van der Waals surface area contributed by atoms with Gasteiger partial charge in [-0.25, -0.2) is 0 Å². The van der Waals surface area contributed by atoms with Crippen LogP contribution in [0, 0.1) is 0 Å². The Morgan fingerprint density at radius 2 is 2.00 bits per heavy atom. The van der Waals surface area contributed by atoms with Crippen LogP contribution in [-0.2, 0) is 0 Å². The Kier molecular flexibility index (Phi) is 5.96. The molecule has 15 heavy (non-hydrogen) atoms. The van der Waals surface area contributed by atoms with Gasteiger partial charge in [0.05, 0.1) is 6.61 Å². The van der Waals surface area contributed by atoms with Crippen molar-refractivity contribution < 1.29 is 5.11 Å². The molecule has 1 aliphatic rings. The standard InChI is InChI=1S/C13H25NO/c1-3-12(2)11-14(9-10-15)13-7-5-4-6-8-13/h13,15H,2-11H2,1H3. The Hall–Kier alpha value is -0.340. The Morgan fingerprint density at radius 1 is 1.33 bits per heavy atom. The van der Waals surface area contributed by atoms with Crippen molar-refractivity contribution in [1.82, 2.24) is 4.90 Å². The van der Waals surface area contributed by atoms with Crippen LogP contribution in [0.15, 0.2) is 12.2 Å². The van der Waals surface area contributed by atoms with Crippen molar-refractivity contribution in [2.75, 3.05) is 19.7 Å². The van der Waals surface area contributed by atoms with Gasteiger partial charge in [-0.15, -0.1) is 0 Å². The minimum atomic E-state index is 0.271. The molecule has 0 aliphatic heterocycles. The second-order valence-electron chi connectivity index (χ2n) is 4.59. The van der Waals surface area contributed by atoms with Gasteiger partial charge in [0, 0.05) is 19.1 Å². The largest absolute Gasteiger partial charge is 0.395 e. The highest BCUT2D eigenvalue weighted by Gasteiger charge is 2.20. The second-order valence-corrected chi connectivity index (χ2v) is 4.59. The van der Waals surface area contributed by atoms with Gasteiger partial charge in [-0.1, -0.05) is 38.3 Å². The first kappa shape index (κ1) is 12.7. The van der Waals surface area contributed by atoms with Crippen LogP contribution in [0.4, 0.5) is 0 Å². The van der Waals surface area contributed by atoms with E-state index in [1.807, 2.05) is 0 Å². The van der Waals surface area contributed by atoms with Crippen molar-refractivity contribution >= 4 is 0 Å². The molecule has 1 rings (SSSR count). The van der Waals surface area contributed by atoms with Gasteiger partial charge in [-0.3, -0.25) is 4.90 Å². The number of rotatable bonds is 6. The van der Waals surface area contributed by atoms with E-state index in [0.717, 1.165) is 19.5 Å². The summed E-state index contributed by atoms with van der Waals surface area (Å²) in [6, 6.07) is 0.689. The molecular weight excluding hydrogens is 186 g/mol. The first-order chi connectivity index (χ1) is 7.27. The number of hydrogen-bond donors (Lipinski definition) is 1. The highest BCUT2D eigenvalue weighted by atomic mass is 16.3. The summed E-state index contributed by atoms with van der Waals surface area (Å²) in [6.07, 6.45) is 7.75. The lowest BCUT2D eigenvalue weighted by Gasteiger charge is -2.34. The predicted octanol–water partition coefficient (Wildman–Crippen LogP) is 2.58. The van der Waals surface area contributed by atoms with Crippen molar-refractivity contribution in [3.63, 3.8) is 0 Å². The predicted molar refractivity (Wildman–Crippen MR) is 65.0 cm³/mol. The fourth-order valence-corrected chi connectivity index (χ4v) is 2.36. The van der Waals surface area contributed by atoms with Crippen molar-refractivity contribution in [3.8, 4) is 0 Å². The van der Waals surface area contributed by atoms with E-state index in [9.17, 15) is 0 Å². The molecule has 1 fully saturated rings. The highest BCUT2D eigenvalue weighted by Crippen LogP contribution is 2.23. The lowest BCUT2D eigenvalue weighted by atomic mass is 9.94. The number of nitrogens with zero attached hydrogens (tertiary/aromatic N) is 1. The quantitative estimate of drug-likeness (QED) is 0.683. The zero-order valence-corrected chi connectivity index (χ0v) is 10.0. The SMILES string of the molecule is C=C(CC)CN(CCO)C1CCCCC1. The first-order valence-corrected chi connectivity index (χ1v) is 6.29. The summed E-state index contributed by atoms with van der Waals surface area (Å²) in [6.45, 7) is 8.27. The maximum Gasteiger partial charge on any atom is 0.0558 e. The lowest BCUT2D eigenvalue weighted by Crippen LogP contribution is -2.39. The van der Waals surface area contributed by atoms with Crippen molar-refractivity contribution in [2.45, 2.75) is 51.5 Å². The minimum absolute atomic E-state index is 0.271. The monoisotopic (exact) mass is 211 g/mol. The van der Waals surface area contributed by atoms with Gasteiger partial charge in [0.1, 0.15) is 0 Å². The number of aliphatic hydroxyl groups is 1. The Bertz CT molecular complexity index is 185. The molecule has 2 heteroatoms. The summed E-state index contributed by atoms with van der Waals surface area (Å²) in [5.74, 6) is 0. The summed E-state index contributed by atoms with van der Waals surface area (Å²) in [5, 5.41) is 9.08. The van der Waals surface area contributed by atoms with E-state index in [1.54, 1.807) is 0 Å². The van der Waals surface area contributed by atoms with Gasteiger partial charge in [0.25, 0.3) is 0 Å². The van der Waals surface area contributed by atoms with Crippen LogP contribution in [0.2, 0.25) is 0 Å². The van der Waals surface area contributed by atoms with E-state index in [-0.39, 0.29) is 6.61 Å². The van der Waals surface area contributed by atoms with E-state index in [4.69, 9.17) is 5.11 Å². The molecule has 0 amide bonds. The van der Waals surface area contributed by atoms with E-state index in [1.165, 1.54) is 37.7 Å². The summed E-state index contributed by atoms with van der Waals surface area (Å²) in [4.78, 5) is 2.42. The van der Waals surface area contributed by atoms with Gasteiger partial charge >= 0.3 is 0 Å². The van der Waals surface area contributed by atoms with Crippen LogP contribution in [0.25, 0.3) is 0 Å².